The van der Waals surface area contributed by atoms with Crippen LogP contribution in [-0.4, -0.2) is 24.1 Å². The fourth-order valence-corrected chi connectivity index (χ4v) is 2.85. The molecule has 0 aliphatic heterocycles. The van der Waals surface area contributed by atoms with E-state index >= 15 is 0 Å². The maximum absolute atomic E-state index is 11.1. The van der Waals surface area contributed by atoms with Crippen molar-refractivity contribution < 1.29 is 14.4 Å². The Morgan fingerprint density at radius 2 is 1.89 bits per heavy atom. The maximum Gasteiger partial charge on any atom is 0.270 e. The molecule has 0 unspecified atom stereocenters. The van der Waals surface area contributed by atoms with Crippen LogP contribution in [0.5, 0.6) is 11.5 Å². The summed E-state index contributed by atoms with van der Waals surface area (Å²) in [6, 6.07) is 15.0. The molecule has 2 aromatic carbocycles. The first kappa shape index (κ1) is 18.7. The van der Waals surface area contributed by atoms with Crippen molar-refractivity contribution in [2.75, 3.05) is 20.0 Å². The Labute approximate surface area is 160 Å². The number of methoxy groups -OCH3 is 2. The van der Waals surface area contributed by atoms with Crippen LogP contribution in [0.4, 0.5) is 11.5 Å². The zero-order valence-electron chi connectivity index (χ0n) is 15.2. The third kappa shape index (κ3) is 3.41. The van der Waals surface area contributed by atoms with Crippen molar-refractivity contribution >= 4 is 11.5 Å². The van der Waals surface area contributed by atoms with Gasteiger partial charge in [0.25, 0.3) is 5.69 Å². The summed E-state index contributed by atoms with van der Waals surface area (Å²) >= 11 is 0. The normalized spacial score (nSPS) is 10.2. The lowest BCUT2D eigenvalue weighted by atomic mass is 9.97. The van der Waals surface area contributed by atoms with Crippen LogP contribution >= 0.6 is 0 Å². The Bertz CT molecular complexity index is 1110. The zero-order chi connectivity index (χ0) is 20.3. The number of anilines is 1. The van der Waals surface area contributed by atoms with Gasteiger partial charge in [0.1, 0.15) is 28.9 Å². The molecular formula is C20H16N4O4. The van der Waals surface area contributed by atoms with E-state index in [4.69, 9.17) is 15.2 Å². The molecule has 28 heavy (non-hydrogen) atoms. The van der Waals surface area contributed by atoms with Crippen LogP contribution in [-0.2, 0) is 0 Å². The first-order valence-corrected chi connectivity index (χ1v) is 8.16. The van der Waals surface area contributed by atoms with E-state index < -0.39 is 4.92 Å². The van der Waals surface area contributed by atoms with Gasteiger partial charge in [0.15, 0.2) is 0 Å². The van der Waals surface area contributed by atoms with Gasteiger partial charge >= 0.3 is 0 Å². The first-order chi connectivity index (χ1) is 13.5. The summed E-state index contributed by atoms with van der Waals surface area (Å²) in [5.41, 5.74) is 8.14. The smallest absolute Gasteiger partial charge is 0.270 e. The van der Waals surface area contributed by atoms with Crippen molar-refractivity contribution in [1.29, 1.82) is 5.26 Å². The molecule has 0 fully saturated rings. The van der Waals surface area contributed by atoms with Gasteiger partial charge in [-0.25, -0.2) is 4.98 Å². The predicted octanol–water partition coefficient (Wildman–Crippen LogP) is 3.79. The number of ether oxygens (including phenoxy) is 2. The molecule has 3 aromatic rings. The molecule has 0 aliphatic rings. The Balaban J connectivity index is 2.27. The molecule has 2 N–H and O–H groups in total. The Morgan fingerprint density at radius 1 is 1.11 bits per heavy atom. The number of nitrogen functional groups attached to an aromatic ring is 1. The lowest BCUT2D eigenvalue weighted by Crippen LogP contribution is -2.01. The van der Waals surface area contributed by atoms with Crippen LogP contribution < -0.4 is 15.2 Å². The number of aromatic nitrogens is 1. The highest BCUT2D eigenvalue weighted by Gasteiger charge is 2.18. The summed E-state index contributed by atoms with van der Waals surface area (Å²) in [7, 11) is 3.05. The number of pyridine rings is 1. The molecule has 0 spiro atoms. The summed E-state index contributed by atoms with van der Waals surface area (Å²) < 4.78 is 10.7. The van der Waals surface area contributed by atoms with E-state index in [2.05, 4.69) is 11.1 Å². The molecule has 0 saturated carbocycles. The minimum absolute atomic E-state index is 0.0198. The van der Waals surface area contributed by atoms with Crippen LogP contribution in [0.2, 0.25) is 0 Å². The number of nitrogens with zero attached hydrogens (tertiary/aromatic N) is 3. The molecule has 140 valence electrons. The second-order valence-electron chi connectivity index (χ2n) is 5.80. The minimum Gasteiger partial charge on any atom is -0.497 e. The second-order valence-corrected chi connectivity index (χ2v) is 5.80. The molecule has 3 rings (SSSR count). The molecule has 1 aromatic heterocycles. The summed E-state index contributed by atoms with van der Waals surface area (Å²) in [5, 5.41) is 20.7. The molecule has 0 bridgehead atoms. The molecule has 0 aliphatic carbocycles. The van der Waals surface area contributed by atoms with Gasteiger partial charge in [0, 0.05) is 28.8 Å². The molecule has 8 heteroatoms. The van der Waals surface area contributed by atoms with Gasteiger partial charge in [-0.3, -0.25) is 10.1 Å². The van der Waals surface area contributed by atoms with E-state index in [1.54, 1.807) is 36.4 Å². The van der Waals surface area contributed by atoms with Crippen molar-refractivity contribution in [1.82, 2.24) is 4.98 Å². The molecule has 8 nitrogen and oxygen atoms in total. The highest BCUT2D eigenvalue weighted by molar-refractivity contribution is 5.84. The van der Waals surface area contributed by atoms with Gasteiger partial charge in [-0.15, -0.1) is 0 Å². The van der Waals surface area contributed by atoms with Crippen LogP contribution in [0.3, 0.4) is 0 Å². The van der Waals surface area contributed by atoms with Crippen molar-refractivity contribution in [2.45, 2.75) is 0 Å². The topological polar surface area (TPSA) is 124 Å². The van der Waals surface area contributed by atoms with Gasteiger partial charge < -0.3 is 15.2 Å². The van der Waals surface area contributed by atoms with Gasteiger partial charge in [-0.05, 0) is 24.3 Å². The Kier molecular flexibility index (Phi) is 5.09. The summed E-state index contributed by atoms with van der Waals surface area (Å²) in [6.45, 7) is 0. The Morgan fingerprint density at radius 3 is 2.54 bits per heavy atom. The van der Waals surface area contributed by atoms with Gasteiger partial charge in [0.2, 0.25) is 0 Å². The highest BCUT2D eigenvalue weighted by atomic mass is 16.6. The van der Waals surface area contributed by atoms with Gasteiger partial charge in [-0.2, -0.15) is 5.26 Å². The Hall–Kier alpha value is -4.12. The average Bonchev–Trinajstić information content (AvgIpc) is 2.72. The number of nitriles is 1. The van der Waals surface area contributed by atoms with Crippen molar-refractivity contribution in [3.05, 3.63) is 64.2 Å². The fourth-order valence-electron chi connectivity index (χ4n) is 2.85. The van der Waals surface area contributed by atoms with Crippen molar-refractivity contribution in [3.63, 3.8) is 0 Å². The molecule has 0 atom stereocenters. The van der Waals surface area contributed by atoms with E-state index in [1.165, 1.54) is 26.4 Å². The number of nitrogens with two attached hydrogens (primary N) is 1. The summed E-state index contributed by atoms with van der Waals surface area (Å²) in [4.78, 5) is 14.9. The largest absolute Gasteiger partial charge is 0.497 e. The number of hydrogen-bond acceptors (Lipinski definition) is 7. The summed E-state index contributed by atoms with van der Waals surface area (Å²) in [6.07, 6.45) is 0. The van der Waals surface area contributed by atoms with Crippen LogP contribution in [0.25, 0.3) is 22.4 Å². The van der Waals surface area contributed by atoms with E-state index in [1.807, 2.05) is 0 Å². The number of nitro benzene ring substituents is 1. The number of non-ortho nitro benzene ring substituents is 1. The predicted molar refractivity (Wildman–Crippen MR) is 104 cm³/mol. The lowest BCUT2D eigenvalue weighted by Gasteiger charge is -2.14. The standard InChI is InChI=1S/C20H16N4O4/c1-27-14-6-7-19(28-2)16(9-14)15-10-18(23-20(22)17(15)11-21)12-4-3-5-13(8-12)24(25)26/h3-10H,1-2H3,(H2,22,23). The van der Waals surface area contributed by atoms with Gasteiger partial charge in [-0.1, -0.05) is 12.1 Å². The molecule has 0 radical (unpaired) electrons. The van der Waals surface area contributed by atoms with Crippen LogP contribution in [0.15, 0.2) is 48.5 Å². The number of benzene rings is 2. The van der Waals surface area contributed by atoms with Crippen LogP contribution in [0.1, 0.15) is 5.56 Å². The molecule has 1 heterocycles. The molecule has 0 saturated heterocycles. The van der Waals surface area contributed by atoms with Crippen molar-refractivity contribution in [3.8, 4) is 40.0 Å². The van der Waals surface area contributed by atoms with E-state index in [-0.39, 0.29) is 17.1 Å². The number of rotatable bonds is 5. The molecular weight excluding hydrogens is 360 g/mol. The number of nitro groups is 1. The minimum atomic E-state index is -0.484. The van der Waals surface area contributed by atoms with E-state index in [9.17, 15) is 15.4 Å². The first-order valence-electron chi connectivity index (χ1n) is 8.16. The SMILES string of the molecule is COc1ccc(OC)c(-c2cc(-c3cccc([N+](=O)[O-])c3)nc(N)c2C#N)c1. The zero-order valence-corrected chi connectivity index (χ0v) is 15.2. The lowest BCUT2D eigenvalue weighted by molar-refractivity contribution is -0.384. The third-order valence-electron chi connectivity index (χ3n) is 4.21. The maximum atomic E-state index is 11.1. The monoisotopic (exact) mass is 376 g/mol. The highest BCUT2D eigenvalue weighted by Crippen LogP contribution is 2.38. The second kappa shape index (κ2) is 7.63. The van der Waals surface area contributed by atoms with E-state index in [0.29, 0.717) is 33.9 Å². The quantitative estimate of drug-likeness (QED) is 0.530. The molecule has 0 amide bonds. The van der Waals surface area contributed by atoms with Crippen molar-refractivity contribution in [2.24, 2.45) is 0 Å². The van der Waals surface area contributed by atoms with Crippen LogP contribution in [0, 0.1) is 21.4 Å². The van der Waals surface area contributed by atoms with E-state index in [0.717, 1.165) is 0 Å². The number of hydrogen-bond donors (Lipinski definition) is 1. The fraction of sp³-hybridized carbons (Fsp3) is 0.100. The summed E-state index contributed by atoms with van der Waals surface area (Å²) in [5.74, 6) is 1.12. The third-order valence-corrected chi connectivity index (χ3v) is 4.21. The average molecular weight is 376 g/mol. The van der Waals surface area contributed by atoms with Gasteiger partial charge in [0.05, 0.1) is 24.8 Å².